The number of hydrogen-bond donors (Lipinski definition) is 0. The third-order valence-electron chi connectivity index (χ3n) is 3.32. The molecule has 74 valence electrons. The summed E-state index contributed by atoms with van der Waals surface area (Å²) in [5, 5.41) is 0.524. The van der Waals surface area contributed by atoms with Gasteiger partial charge < -0.3 is 0 Å². The number of imide groups is 1. The van der Waals surface area contributed by atoms with Gasteiger partial charge in [-0.2, -0.15) is 0 Å². The first kappa shape index (κ1) is 8.53. The van der Waals surface area contributed by atoms with Crippen LogP contribution in [0.3, 0.4) is 0 Å². The smallest absolute Gasteiger partial charge is 0.234 e. The van der Waals surface area contributed by atoms with Crippen LogP contribution in [-0.4, -0.2) is 33.8 Å². The van der Waals surface area contributed by atoms with Crippen LogP contribution in [-0.2, 0) is 9.59 Å². The number of carbonyl (C=O) groups is 2. The Kier molecular flexibility index (Phi) is 1.60. The molecule has 0 aromatic heterocycles. The molecule has 2 fully saturated rings. The minimum atomic E-state index is -0.0533. The van der Waals surface area contributed by atoms with Gasteiger partial charge in [0.25, 0.3) is 0 Å². The van der Waals surface area contributed by atoms with Crippen LogP contribution in [0.4, 0.5) is 0 Å². The zero-order valence-corrected chi connectivity index (χ0v) is 8.66. The Morgan fingerprint density at radius 2 is 1.71 bits per heavy atom. The van der Waals surface area contributed by atoms with Crippen LogP contribution in [0.15, 0.2) is 12.2 Å². The van der Waals surface area contributed by atoms with E-state index in [9.17, 15) is 9.59 Å². The maximum Gasteiger partial charge on any atom is 0.234 e. The largest absolute Gasteiger partial charge is 0.282 e. The zero-order chi connectivity index (χ0) is 9.87. The Morgan fingerprint density at radius 1 is 1.21 bits per heavy atom. The summed E-state index contributed by atoms with van der Waals surface area (Å²) >= 11 is 1.76. The molecular weight excluding hydrogens is 198 g/mol. The highest BCUT2D eigenvalue weighted by Crippen LogP contribution is 2.52. The van der Waals surface area contributed by atoms with Crippen molar-refractivity contribution >= 4 is 23.6 Å². The number of nitrogens with zero attached hydrogens (tertiary/aromatic N) is 1. The molecule has 0 aromatic carbocycles. The number of carbonyl (C=O) groups excluding carboxylic acids is 2. The van der Waals surface area contributed by atoms with Crippen LogP contribution in [0.2, 0.25) is 0 Å². The molecule has 2 amide bonds. The summed E-state index contributed by atoms with van der Waals surface area (Å²) < 4.78 is 0. The summed E-state index contributed by atoms with van der Waals surface area (Å²) in [6, 6.07) is 0. The summed E-state index contributed by atoms with van der Waals surface area (Å²) in [7, 11) is 0. The summed E-state index contributed by atoms with van der Waals surface area (Å²) in [6.07, 6.45) is 4.17. The zero-order valence-electron chi connectivity index (χ0n) is 7.84. The number of rotatable bonds is 1. The molecule has 0 radical (unpaired) electrons. The van der Waals surface area contributed by atoms with Gasteiger partial charge >= 0.3 is 0 Å². The van der Waals surface area contributed by atoms with Gasteiger partial charge in [0.1, 0.15) is 0 Å². The highest BCUT2D eigenvalue weighted by atomic mass is 32.2. The molecule has 2 saturated heterocycles. The van der Waals surface area contributed by atoms with Gasteiger partial charge in [-0.1, -0.05) is 12.2 Å². The summed E-state index contributed by atoms with van der Waals surface area (Å²) in [6.45, 7) is 2.38. The fourth-order valence-corrected chi connectivity index (χ4v) is 4.31. The fourth-order valence-electron chi connectivity index (χ4n) is 2.68. The lowest BCUT2D eigenvalue weighted by Gasteiger charge is -2.13. The van der Waals surface area contributed by atoms with Gasteiger partial charge in [-0.05, 0) is 6.92 Å². The van der Waals surface area contributed by atoms with Crippen LogP contribution in [0.1, 0.15) is 6.92 Å². The highest BCUT2D eigenvalue weighted by molar-refractivity contribution is 8.01. The molecule has 3 heterocycles. The van der Waals surface area contributed by atoms with Crippen molar-refractivity contribution < 1.29 is 9.59 Å². The molecule has 3 aliphatic heterocycles. The van der Waals surface area contributed by atoms with Gasteiger partial charge in [0.15, 0.2) is 0 Å². The number of amides is 2. The standard InChI is InChI=1S/C10H11NO2S/c1-2-11-9(12)7-5-3-4-6(14-5)8(7)10(11)13/h3-8H,2H2,1H3. The van der Waals surface area contributed by atoms with Crippen LogP contribution in [0.25, 0.3) is 0 Å². The lowest BCUT2D eigenvalue weighted by Crippen LogP contribution is -2.32. The Morgan fingerprint density at radius 3 is 2.14 bits per heavy atom. The van der Waals surface area contributed by atoms with E-state index < -0.39 is 0 Å². The van der Waals surface area contributed by atoms with E-state index in [0.717, 1.165) is 0 Å². The average Bonchev–Trinajstić information content (AvgIpc) is 2.80. The predicted molar refractivity (Wildman–Crippen MR) is 53.7 cm³/mol. The van der Waals surface area contributed by atoms with Gasteiger partial charge in [0.2, 0.25) is 11.8 Å². The van der Waals surface area contributed by atoms with Crippen molar-refractivity contribution in [2.24, 2.45) is 11.8 Å². The second-order valence-corrected chi connectivity index (χ2v) is 5.28. The first-order valence-electron chi connectivity index (χ1n) is 4.93. The molecule has 4 atom stereocenters. The number of hydrogen-bond acceptors (Lipinski definition) is 3. The van der Waals surface area contributed by atoms with Crippen LogP contribution < -0.4 is 0 Å². The molecule has 14 heavy (non-hydrogen) atoms. The second-order valence-electron chi connectivity index (χ2n) is 3.92. The SMILES string of the molecule is CCN1C(=O)C2C3C=CC(S3)C2C1=O. The van der Waals surface area contributed by atoms with E-state index in [2.05, 4.69) is 12.2 Å². The quantitative estimate of drug-likeness (QED) is 0.470. The minimum Gasteiger partial charge on any atom is -0.282 e. The molecule has 0 saturated carbocycles. The van der Waals surface area contributed by atoms with E-state index >= 15 is 0 Å². The van der Waals surface area contributed by atoms with Crippen LogP contribution >= 0.6 is 11.8 Å². The van der Waals surface area contributed by atoms with Gasteiger partial charge in [-0.15, -0.1) is 11.8 Å². The Balaban J connectivity index is 2.02. The van der Waals surface area contributed by atoms with Crippen molar-refractivity contribution in [3.8, 4) is 0 Å². The molecule has 2 bridgehead atoms. The number of thioether (sulfide) groups is 1. The van der Waals surface area contributed by atoms with E-state index in [1.807, 2.05) is 6.92 Å². The summed E-state index contributed by atoms with van der Waals surface area (Å²) in [4.78, 5) is 25.2. The molecule has 3 nitrogen and oxygen atoms in total. The van der Waals surface area contributed by atoms with E-state index in [0.29, 0.717) is 6.54 Å². The maximum absolute atomic E-state index is 11.9. The molecule has 0 spiro atoms. The van der Waals surface area contributed by atoms with E-state index in [1.165, 1.54) is 4.90 Å². The lowest BCUT2D eigenvalue weighted by molar-refractivity contribution is -0.139. The Hall–Kier alpha value is -0.770. The first-order chi connectivity index (χ1) is 6.74. The molecule has 4 unspecified atom stereocenters. The van der Waals surface area contributed by atoms with Crippen molar-refractivity contribution in [2.75, 3.05) is 6.54 Å². The van der Waals surface area contributed by atoms with Crippen LogP contribution in [0.5, 0.6) is 0 Å². The Labute approximate surface area is 86.5 Å². The monoisotopic (exact) mass is 209 g/mol. The molecule has 0 N–H and O–H groups in total. The second kappa shape index (κ2) is 2.63. The molecule has 0 aromatic rings. The van der Waals surface area contributed by atoms with Crippen molar-refractivity contribution in [3.63, 3.8) is 0 Å². The van der Waals surface area contributed by atoms with Crippen molar-refractivity contribution in [1.29, 1.82) is 0 Å². The van der Waals surface area contributed by atoms with Gasteiger partial charge in [-0.3, -0.25) is 14.5 Å². The third-order valence-corrected chi connectivity index (χ3v) is 4.85. The van der Waals surface area contributed by atoms with Gasteiger partial charge in [0.05, 0.1) is 11.8 Å². The molecule has 3 rings (SSSR count). The van der Waals surface area contributed by atoms with E-state index in [1.54, 1.807) is 11.8 Å². The molecule has 0 aliphatic carbocycles. The summed E-state index contributed by atoms with van der Waals surface area (Å²) in [5.41, 5.74) is 0. The minimum absolute atomic E-state index is 0.0480. The first-order valence-corrected chi connectivity index (χ1v) is 5.87. The van der Waals surface area contributed by atoms with Crippen molar-refractivity contribution in [3.05, 3.63) is 12.2 Å². The molecular formula is C10H11NO2S. The van der Waals surface area contributed by atoms with Gasteiger partial charge in [0, 0.05) is 17.0 Å². The predicted octanol–water partition coefficient (Wildman–Crippen LogP) is 0.661. The topological polar surface area (TPSA) is 37.4 Å². The van der Waals surface area contributed by atoms with E-state index in [4.69, 9.17) is 0 Å². The molecule has 4 heteroatoms. The maximum atomic E-state index is 11.9. The highest BCUT2D eigenvalue weighted by Gasteiger charge is 2.59. The summed E-state index contributed by atoms with van der Waals surface area (Å²) in [5.74, 6) is -0.0106. The number of likely N-dealkylation sites (tertiary alicyclic amines) is 1. The fraction of sp³-hybridized carbons (Fsp3) is 0.600. The molecule has 3 aliphatic rings. The normalized spacial score (nSPS) is 43.9. The average molecular weight is 209 g/mol. The number of fused-ring (bicyclic) bond motifs is 5. The van der Waals surface area contributed by atoms with Gasteiger partial charge in [-0.25, -0.2) is 0 Å². The van der Waals surface area contributed by atoms with Crippen molar-refractivity contribution in [2.45, 2.75) is 17.4 Å². The third kappa shape index (κ3) is 0.804. The lowest BCUT2D eigenvalue weighted by atomic mass is 9.85. The Bertz CT molecular complexity index is 322. The van der Waals surface area contributed by atoms with E-state index in [-0.39, 0.29) is 34.2 Å². The van der Waals surface area contributed by atoms with Crippen LogP contribution in [0, 0.1) is 11.8 Å². The van der Waals surface area contributed by atoms with Crippen molar-refractivity contribution in [1.82, 2.24) is 4.90 Å².